The molecule has 0 unspecified atom stereocenters. The molecule has 2 aromatic rings. The largest absolute Gasteiger partial charge is 0.395 e. The highest BCUT2D eigenvalue weighted by molar-refractivity contribution is 5.45. The molecule has 0 aliphatic rings. The maximum absolute atomic E-state index is 11.4. The number of hydrogen-bond acceptors (Lipinski definition) is 5. The first-order valence-corrected chi connectivity index (χ1v) is 5.45. The van der Waals surface area contributed by atoms with E-state index in [0.29, 0.717) is 18.0 Å². The molecule has 92 valence electrons. The Morgan fingerprint density at radius 1 is 1.53 bits per heavy atom. The number of aliphatic hydroxyl groups is 1. The van der Waals surface area contributed by atoms with Crippen LogP contribution in [-0.2, 0) is 0 Å². The fraction of sp³-hybridized carbons (Fsp3) is 0.500. The van der Waals surface area contributed by atoms with E-state index in [0.717, 1.165) is 0 Å². The number of aromatic amines is 1. The molecule has 7 heteroatoms. The lowest BCUT2D eigenvalue weighted by Gasteiger charge is -2.26. The third kappa shape index (κ3) is 2.14. The van der Waals surface area contributed by atoms with Crippen LogP contribution in [-0.4, -0.2) is 44.1 Å². The molecule has 2 N–H and O–H groups in total. The summed E-state index contributed by atoms with van der Waals surface area (Å²) in [4.78, 5) is 13.3. The summed E-state index contributed by atoms with van der Waals surface area (Å²) in [7, 11) is 0. The van der Waals surface area contributed by atoms with Gasteiger partial charge < -0.3 is 10.0 Å². The van der Waals surface area contributed by atoms with Crippen LogP contribution in [0, 0.1) is 0 Å². The van der Waals surface area contributed by atoms with Crippen LogP contribution >= 0.6 is 0 Å². The van der Waals surface area contributed by atoms with Crippen molar-refractivity contribution >= 4 is 11.5 Å². The SMILES string of the molecule is CC(C)N(CCO)c1ccc2n[nH]c(=O)n2n1. The van der Waals surface area contributed by atoms with Crippen molar-refractivity contribution in [1.82, 2.24) is 19.8 Å². The van der Waals surface area contributed by atoms with Gasteiger partial charge in [0.15, 0.2) is 5.65 Å². The van der Waals surface area contributed by atoms with E-state index in [1.165, 1.54) is 4.52 Å². The number of aromatic nitrogens is 4. The maximum atomic E-state index is 11.4. The molecule has 0 saturated carbocycles. The summed E-state index contributed by atoms with van der Waals surface area (Å²) in [6, 6.07) is 3.69. The number of rotatable bonds is 4. The minimum Gasteiger partial charge on any atom is -0.395 e. The Labute approximate surface area is 97.7 Å². The Morgan fingerprint density at radius 3 is 2.94 bits per heavy atom. The molecular weight excluding hydrogens is 222 g/mol. The van der Waals surface area contributed by atoms with Gasteiger partial charge >= 0.3 is 5.69 Å². The molecular formula is C10H15N5O2. The molecule has 0 atom stereocenters. The van der Waals surface area contributed by atoms with Gasteiger partial charge in [0, 0.05) is 12.6 Å². The normalized spacial score (nSPS) is 11.3. The Hall–Kier alpha value is -1.89. The second kappa shape index (κ2) is 4.54. The number of aliphatic hydroxyl groups excluding tert-OH is 1. The van der Waals surface area contributed by atoms with Gasteiger partial charge in [-0.2, -0.15) is 9.61 Å². The van der Waals surface area contributed by atoms with Crippen molar-refractivity contribution in [3.63, 3.8) is 0 Å². The highest BCUT2D eigenvalue weighted by atomic mass is 16.3. The lowest BCUT2D eigenvalue weighted by molar-refractivity contribution is 0.298. The lowest BCUT2D eigenvalue weighted by Crippen LogP contribution is -2.34. The molecule has 0 amide bonds. The van der Waals surface area contributed by atoms with Gasteiger partial charge in [-0.1, -0.05) is 0 Å². The molecule has 2 heterocycles. The molecule has 0 aliphatic heterocycles. The third-order valence-electron chi connectivity index (χ3n) is 2.52. The molecule has 0 radical (unpaired) electrons. The second-order valence-electron chi connectivity index (χ2n) is 4.00. The zero-order valence-corrected chi connectivity index (χ0v) is 9.79. The topological polar surface area (TPSA) is 86.5 Å². The van der Waals surface area contributed by atoms with Gasteiger partial charge in [-0.05, 0) is 26.0 Å². The molecule has 0 aromatic carbocycles. The Bertz CT molecular complexity index is 559. The molecule has 2 rings (SSSR count). The highest BCUT2D eigenvalue weighted by Crippen LogP contribution is 2.12. The first kappa shape index (κ1) is 11.6. The van der Waals surface area contributed by atoms with Crippen LogP contribution in [0.4, 0.5) is 5.82 Å². The zero-order chi connectivity index (χ0) is 12.4. The van der Waals surface area contributed by atoms with Gasteiger partial charge in [0.1, 0.15) is 5.82 Å². The van der Waals surface area contributed by atoms with Crippen LogP contribution in [0.3, 0.4) is 0 Å². The van der Waals surface area contributed by atoms with Crippen LogP contribution in [0.15, 0.2) is 16.9 Å². The average molecular weight is 237 g/mol. The van der Waals surface area contributed by atoms with E-state index in [1.807, 2.05) is 18.7 Å². The molecule has 0 saturated heterocycles. The summed E-state index contributed by atoms with van der Waals surface area (Å²) in [5.74, 6) is 0.644. The van der Waals surface area contributed by atoms with Crippen molar-refractivity contribution < 1.29 is 5.11 Å². The molecule has 0 bridgehead atoms. The van der Waals surface area contributed by atoms with Crippen molar-refractivity contribution in [3.05, 3.63) is 22.6 Å². The first-order chi connectivity index (χ1) is 8.13. The summed E-state index contributed by atoms with van der Waals surface area (Å²) in [5.41, 5.74) is 0.112. The monoisotopic (exact) mass is 237 g/mol. The summed E-state index contributed by atoms with van der Waals surface area (Å²) >= 11 is 0. The molecule has 0 fully saturated rings. The lowest BCUT2D eigenvalue weighted by atomic mass is 10.3. The van der Waals surface area contributed by atoms with E-state index in [-0.39, 0.29) is 18.3 Å². The Morgan fingerprint density at radius 2 is 2.29 bits per heavy atom. The predicted octanol–water partition coefficient (Wildman–Crippen LogP) is -0.375. The predicted molar refractivity (Wildman–Crippen MR) is 63.2 cm³/mol. The molecule has 2 aromatic heterocycles. The van der Waals surface area contributed by atoms with Gasteiger partial charge in [0.05, 0.1) is 6.61 Å². The molecule has 17 heavy (non-hydrogen) atoms. The molecule has 0 aliphatic carbocycles. The number of anilines is 1. The van der Waals surface area contributed by atoms with Crippen molar-refractivity contribution in [2.45, 2.75) is 19.9 Å². The number of hydrogen-bond donors (Lipinski definition) is 2. The Balaban J connectivity index is 2.46. The van der Waals surface area contributed by atoms with E-state index in [1.54, 1.807) is 12.1 Å². The quantitative estimate of drug-likeness (QED) is 0.757. The standard InChI is InChI=1S/C10H15N5O2/c1-7(2)14(5-6-16)9-4-3-8-11-12-10(17)15(8)13-9/h3-4,7,16H,5-6H2,1-2H3,(H,12,17). The summed E-state index contributed by atoms with van der Waals surface area (Å²) < 4.78 is 1.21. The zero-order valence-electron chi connectivity index (χ0n) is 9.79. The van der Waals surface area contributed by atoms with Gasteiger partial charge in [-0.15, -0.1) is 5.10 Å². The van der Waals surface area contributed by atoms with Gasteiger partial charge in [0.25, 0.3) is 0 Å². The number of fused-ring (bicyclic) bond motifs is 1. The van der Waals surface area contributed by atoms with Crippen molar-refractivity contribution in [1.29, 1.82) is 0 Å². The average Bonchev–Trinajstić information content (AvgIpc) is 2.67. The number of nitrogens with zero attached hydrogens (tertiary/aromatic N) is 4. The van der Waals surface area contributed by atoms with E-state index < -0.39 is 0 Å². The van der Waals surface area contributed by atoms with E-state index in [9.17, 15) is 4.79 Å². The number of H-pyrrole nitrogens is 1. The minimum atomic E-state index is -0.366. The van der Waals surface area contributed by atoms with Crippen molar-refractivity contribution in [2.24, 2.45) is 0 Å². The fourth-order valence-electron chi connectivity index (χ4n) is 1.69. The maximum Gasteiger partial charge on any atom is 0.364 e. The third-order valence-corrected chi connectivity index (χ3v) is 2.52. The minimum absolute atomic E-state index is 0.0399. The first-order valence-electron chi connectivity index (χ1n) is 5.45. The second-order valence-corrected chi connectivity index (χ2v) is 4.00. The Kier molecular flexibility index (Phi) is 3.10. The summed E-state index contributed by atoms with van der Waals surface area (Å²) in [6.45, 7) is 4.51. The van der Waals surface area contributed by atoms with Gasteiger partial charge in [-0.25, -0.2) is 9.89 Å². The highest BCUT2D eigenvalue weighted by Gasteiger charge is 2.13. The van der Waals surface area contributed by atoms with Crippen LogP contribution in [0.2, 0.25) is 0 Å². The van der Waals surface area contributed by atoms with Crippen LogP contribution in [0.1, 0.15) is 13.8 Å². The van der Waals surface area contributed by atoms with E-state index in [2.05, 4.69) is 15.3 Å². The smallest absolute Gasteiger partial charge is 0.364 e. The summed E-state index contributed by atoms with van der Waals surface area (Å²) in [6.07, 6.45) is 0. The number of nitrogens with one attached hydrogen (secondary N) is 1. The molecule has 0 spiro atoms. The summed E-state index contributed by atoms with van der Waals surface area (Å²) in [5, 5.41) is 19.4. The fourth-order valence-corrected chi connectivity index (χ4v) is 1.69. The van der Waals surface area contributed by atoms with E-state index >= 15 is 0 Å². The molecule has 7 nitrogen and oxygen atoms in total. The van der Waals surface area contributed by atoms with E-state index in [4.69, 9.17) is 5.11 Å². The van der Waals surface area contributed by atoms with Gasteiger partial charge in [-0.3, -0.25) is 0 Å². The van der Waals surface area contributed by atoms with Crippen LogP contribution < -0.4 is 10.6 Å². The van der Waals surface area contributed by atoms with Gasteiger partial charge in [0.2, 0.25) is 0 Å². The van der Waals surface area contributed by atoms with Crippen LogP contribution in [0.25, 0.3) is 5.65 Å². The van der Waals surface area contributed by atoms with Crippen molar-refractivity contribution in [2.75, 3.05) is 18.1 Å². The van der Waals surface area contributed by atoms with Crippen molar-refractivity contribution in [3.8, 4) is 0 Å². The van der Waals surface area contributed by atoms with Crippen LogP contribution in [0.5, 0.6) is 0 Å².